The van der Waals surface area contributed by atoms with Crippen molar-refractivity contribution in [3.63, 3.8) is 0 Å². The maximum Gasteiger partial charge on any atom is 0.240 e. The molecule has 1 aliphatic carbocycles. The van der Waals surface area contributed by atoms with Gasteiger partial charge in [-0.1, -0.05) is 19.1 Å². The number of anilines is 2. The van der Waals surface area contributed by atoms with Crippen LogP contribution in [0.5, 0.6) is 0 Å². The molecular weight excluding hydrogens is 354 g/mol. The molecule has 1 unspecified atom stereocenters. The number of hydrogen-bond acceptors (Lipinski definition) is 4. The van der Waals surface area contributed by atoms with Crippen molar-refractivity contribution in [1.29, 1.82) is 0 Å². The molecule has 1 aromatic rings. The molecule has 3 aliphatic rings. The number of carbonyl (C=O) groups is 2. The number of benzene rings is 1. The van der Waals surface area contributed by atoms with Gasteiger partial charge in [-0.25, -0.2) is 0 Å². The Hall–Kier alpha value is -2.08. The van der Waals surface area contributed by atoms with Crippen LogP contribution in [0.1, 0.15) is 45.4 Å². The first-order valence-electron chi connectivity index (χ1n) is 10.7. The summed E-state index contributed by atoms with van der Waals surface area (Å²) in [5.41, 5.74) is 0.939. The van der Waals surface area contributed by atoms with E-state index in [9.17, 15) is 9.59 Å². The van der Waals surface area contributed by atoms with E-state index < -0.39 is 5.41 Å². The van der Waals surface area contributed by atoms with Gasteiger partial charge in [0.05, 0.1) is 24.6 Å². The molecule has 152 valence electrons. The van der Waals surface area contributed by atoms with Crippen LogP contribution in [0.25, 0.3) is 0 Å². The van der Waals surface area contributed by atoms with Gasteiger partial charge in [0.1, 0.15) is 5.41 Å². The second-order valence-electron chi connectivity index (χ2n) is 8.21. The van der Waals surface area contributed by atoms with Crippen molar-refractivity contribution in [2.75, 3.05) is 43.1 Å². The molecule has 0 aromatic heterocycles. The van der Waals surface area contributed by atoms with E-state index in [0.29, 0.717) is 26.1 Å². The molecule has 2 saturated heterocycles. The van der Waals surface area contributed by atoms with Gasteiger partial charge in [0.15, 0.2) is 0 Å². The number of para-hydroxylation sites is 2. The Morgan fingerprint density at radius 2 is 1.89 bits per heavy atom. The molecule has 2 aliphatic heterocycles. The van der Waals surface area contributed by atoms with Crippen LogP contribution in [-0.4, -0.2) is 55.6 Å². The highest BCUT2D eigenvalue weighted by molar-refractivity contribution is 6.13. The average Bonchev–Trinajstić information content (AvgIpc) is 3.56. The Morgan fingerprint density at radius 3 is 2.61 bits per heavy atom. The lowest BCUT2D eigenvalue weighted by Gasteiger charge is -2.37. The van der Waals surface area contributed by atoms with Crippen LogP contribution in [-0.2, 0) is 14.3 Å². The van der Waals surface area contributed by atoms with E-state index in [1.165, 1.54) is 6.42 Å². The minimum Gasteiger partial charge on any atom is -0.378 e. The maximum atomic E-state index is 13.3. The number of piperidine rings is 1. The number of hydrogen-bond donors (Lipinski definition) is 1. The Labute approximate surface area is 167 Å². The monoisotopic (exact) mass is 385 g/mol. The predicted molar refractivity (Wildman–Crippen MR) is 109 cm³/mol. The summed E-state index contributed by atoms with van der Waals surface area (Å²) in [5, 5.41) is 3.09. The van der Waals surface area contributed by atoms with Gasteiger partial charge >= 0.3 is 0 Å². The smallest absolute Gasteiger partial charge is 0.240 e. The number of morpholine rings is 1. The topological polar surface area (TPSA) is 61.9 Å². The predicted octanol–water partition coefficient (Wildman–Crippen LogP) is 3.03. The van der Waals surface area contributed by atoms with E-state index in [1.807, 2.05) is 29.2 Å². The minimum absolute atomic E-state index is 0.0420. The number of nitrogens with one attached hydrogen (secondary N) is 1. The van der Waals surface area contributed by atoms with Crippen molar-refractivity contribution >= 4 is 23.2 Å². The summed E-state index contributed by atoms with van der Waals surface area (Å²) in [6, 6.07) is 8.16. The van der Waals surface area contributed by atoms with Crippen molar-refractivity contribution < 1.29 is 14.3 Å². The van der Waals surface area contributed by atoms with Gasteiger partial charge in [-0.3, -0.25) is 9.59 Å². The SMILES string of the molecule is CCC1CCCCN1C(=O)C1(C(=O)Nc2ccccc2N2CCOCC2)CC1. The number of amides is 2. The highest BCUT2D eigenvalue weighted by Gasteiger charge is 2.58. The van der Waals surface area contributed by atoms with E-state index in [4.69, 9.17) is 4.74 Å². The van der Waals surface area contributed by atoms with Gasteiger partial charge in [-0.05, 0) is 50.7 Å². The van der Waals surface area contributed by atoms with Crippen LogP contribution in [0.15, 0.2) is 24.3 Å². The fraction of sp³-hybridized carbons (Fsp3) is 0.636. The quantitative estimate of drug-likeness (QED) is 0.792. The van der Waals surface area contributed by atoms with E-state index in [2.05, 4.69) is 17.1 Å². The van der Waals surface area contributed by atoms with Crippen LogP contribution in [0.2, 0.25) is 0 Å². The summed E-state index contributed by atoms with van der Waals surface area (Å²) >= 11 is 0. The molecule has 0 radical (unpaired) electrons. The van der Waals surface area contributed by atoms with Crippen molar-refractivity contribution in [1.82, 2.24) is 4.90 Å². The van der Waals surface area contributed by atoms with E-state index in [0.717, 1.165) is 50.3 Å². The van der Waals surface area contributed by atoms with Crippen molar-refractivity contribution in [2.45, 2.75) is 51.5 Å². The standard InChI is InChI=1S/C22H31N3O3/c1-2-17-7-5-6-12-25(17)21(27)22(10-11-22)20(26)23-18-8-3-4-9-19(18)24-13-15-28-16-14-24/h3-4,8-9,17H,2,5-7,10-16H2,1H3,(H,23,26). The zero-order valence-electron chi connectivity index (χ0n) is 16.8. The van der Waals surface area contributed by atoms with E-state index in [-0.39, 0.29) is 17.9 Å². The number of carbonyl (C=O) groups excluding carboxylic acids is 2. The fourth-order valence-electron chi connectivity index (χ4n) is 4.53. The van der Waals surface area contributed by atoms with Crippen LogP contribution in [0, 0.1) is 5.41 Å². The molecule has 6 heteroatoms. The molecule has 2 amide bonds. The van der Waals surface area contributed by atoms with Crippen LogP contribution >= 0.6 is 0 Å². The van der Waals surface area contributed by atoms with Gasteiger partial charge in [0, 0.05) is 25.7 Å². The summed E-state index contributed by atoms with van der Waals surface area (Å²) in [6.45, 7) is 5.92. The Balaban J connectivity index is 1.50. The van der Waals surface area contributed by atoms with Crippen molar-refractivity contribution in [3.8, 4) is 0 Å². The summed E-state index contributed by atoms with van der Waals surface area (Å²) in [5.74, 6) is -0.0981. The number of likely N-dealkylation sites (tertiary alicyclic amines) is 1. The van der Waals surface area contributed by atoms with Crippen molar-refractivity contribution in [3.05, 3.63) is 24.3 Å². The molecule has 1 N–H and O–H groups in total. The van der Waals surface area contributed by atoms with Gasteiger partial charge in [-0.2, -0.15) is 0 Å². The largest absolute Gasteiger partial charge is 0.378 e. The van der Waals surface area contributed by atoms with Crippen molar-refractivity contribution in [2.24, 2.45) is 5.41 Å². The van der Waals surface area contributed by atoms with E-state index >= 15 is 0 Å². The van der Waals surface area contributed by atoms with Crippen LogP contribution < -0.4 is 10.2 Å². The molecule has 1 aromatic carbocycles. The molecular formula is C22H31N3O3. The maximum absolute atomic E-state index is 13.3. The molecule has 0 bridgehead atoms. The Bertz CT molecular complexity index is 725. The minimum atomic E-state index is -0.858. The zero-order valence-corrected chi connectivity index (χ0v) is 16.8. The number of rotatable bonds is 5. The van der Waals surface area contributed by atoms with Crippen LogP contribution in [0.3, 0.4) is 0 Å². The average molecular weight is 386 g/mol. The third-order valence-corrected chi connectivity index (χ3v) is 6.46. The first-order chi connectivity index (χ1) is 13.7. The molecule has 4 rings (SSSR count). The molecule has 6 nitrogen and oxygen atoms in total. The third-order valence-electron chi connectivity index (χ3n) is 6.46. The second-order valence-corrected chi connectivity index (χ2v) is 8.21. The first-order valence-corrected chi connectivity index (χ1v) is 10.7. The summed E-state index contributed by atoms with van der Waals surface area (Å²) < 4.78 is 5.45. The summed E-state index contributed by atoms with van der Waals surface area (Å²) in [4.78, 5) is 30.7. The third kappa shape index (κ3) is 3.62. The lowest BCUT2D eigenvalue weighted by molar-refractivity contribution is -0.145. The molecule has 0 spiro atoms. The highest BCUT2D eigenvalue weighted by atomic mass is 16.5. The van der Waals surface area contributed by atoms with Gasteiger partial charge in [0.2, 0.25) is 11.8 Å². The lowest BCUT2D eigenvalue weighted by Crippen LogP contribution is -2.49. The summed E-state index contributed by atoms with van der Waals surface area (Å²) in [7, 11) is 0. The Kier molecular flexibility index (Phi) is 5.58. The van der Waals surface area contributed by atoms with Gasteiger partial charge in [0.25, 0.3) is 0 Å². The summed E-state index contributed by atoms with van der Waals surface area (Å²) in [6.07, 6.45) is 5.55. The van der Waals surface area contributed by atoms with E-state index in [1.54, 1.807) is 0 Å². The first kappa shape index (κ1) is 19.2. The number of nitrogens with zero attached hydrogens (tertiary/aromatic N) is 2. The fourth-order valence-corrected chi connectivity index (χ4v) is 4.53. The highest BCUT2D eigenvalue weighted by Crippen LogP contribution is 2.49. The molecule has 2 heterocycles. The normalized spacial score (nSPS) is 24.0. The molecule has 1 atom stereocenters. The second kappa shape index (κ2) is 8.11. The Morgan fingerprint density at radius 1 is 1.14 bits per heavy atom. The zero-order chi connectivity index (χ0) is 19.6. The van der Waals surface area contributed by atoms with Gasteiger partial charge < -0.3 is 19.9 Å². The lowest BCUT2D eigenvalue weighted by atomic mass is 9.95. The molecule has 1 saturated carbocycles. The molecule has 3 fully saturated rings. The molecule has 28 heavy (non-hydrogen) atoms. The van der Waals surface area contributed by atoms with Crippen LogP contribution in [0.4, 0.5) is 11.4 Å². The number of ether oxygens (including phenoxy) is 1. The van der Waals surface area contributed by atoms with Gasteiger partial charge in [-0.15, -0.1) is 0 Å².